The van der Waals surface area contributed by atoms with Crippen LogP contribution in [0.15, 0.2) is 47.4 Å². The SMILES string of the molecule is COc1cn(CC(=O)N2CCOC(c3ccccc3)C2)c(CN2CCCCCC2)cc1=O. The third-order valence-electron chi connectivity index (χ3n) is 6.38. The summed E-state index contributed by atoms with van der Waals surface area (Å²) in [6.07, 6.45) is 6.42. The van der Waals surface area contributed by atoms with E-state index in [0.29, 0.717) is 26.2 Å². The first-order chi connectivity index (χ1) is 15.6. The van der Waals surface area contributed by atoms with Crippen LogP contribution in [0, 0.1) is 0 Å². The minimum absolute atomic E-state index is 0.0250. The highest BCUT2D eigenvalue weighted by Crippen LogP contribution is 2.22. The van der Waals surface area contributed by atoms with Gasteiger partial charge in [-0.05, 0) is 31.5 Å². The molecule has 2 aliphatic rings. The Morgan fingerprint density at radius 2 is 1.84 bits per heavy atom. The normalized spacial score (nSPS) is 20.0. The summed E-state index contributed by atoms with van der Waals surface area (Å²) < 4.78 is 13.1. The maximum absolute atomic E-state index is 13.2. The molecule has 0 saturated carbocycles. The summed E-state index contributed by atoms with van der Waals surface area (Å²) in [6.45, 7) is 4.51. The molecule has 1 aromatic heterocycles. The fraction of sp³-hybridized carbons (Fsp3) is 0.520. The predicted molar refractivity (Wildman–Crippen MR) is 123 cm³/mol. The van der Waals surface area contributed by atoms with Gasteiger partial charge in [-0.1, -0.05) is 43.2 Å². The summed E-state index contributed by atoms with van der Waals surface area (Å²) in [6, 6.07) is 11.6. The van der Waals surface area contributed by atoms with Crippen molar-refractivity contribution in [3.63, 3.8) is 0 Å². The molecule has 0 bridgehead atoms. The predicted octanol–water partition coefficient (Wildman–Crippen LogP) is 2.83. The Balaban J connectivity index is 1.50. The number of rotatable bonds is 6. The Hall–Kier alpha value is -2.64. The number of aromatic nitrogens is 1. The lowest BCUT2D eigenvalue weighted by molar-refractivity contribution is -0.139. The van der Waals surface area contributed by atoms with E-state index < -0.39 is 0 Å². The van der Waals surface area contributed by atoms with E-state index in [2.05, 4.69) is 4.90 Å². The van der Waals surface area contributed by atoms with E-state index in [1.807, 2.05) is 39.8 Å². The molecule has 0 N–H and O–H groups in total. The molecule has 2 aliphatic heterocycles. The van der Waals surface area contributed by atoms with Crippen LogP contribution in [-0.4, -0.2) is 60.2 Å². The Morgan fingerprint density at radius 3 is 2.56 bits per heavy atom. The number of nitrogens with zero attached hydrogens (tertiary/aromatic N) is 3. The van der Waals surface area contributed by atoms with Gasteiger partial charge in [-0.2, -0.15) is 0 Å². The van der Waals surface area contributed by atoms with Crippen LogP contribution >= 0.6 is 0 Å². The number of methoxy groups -OCH3 is 1. The molecular formula is C25H33N3O4. The molecule has 3 heterocycles. The minimum atomic E-state index is -0.142. The smallest absolute Gasteiger partial charge is 0.242 e. The maximum Gasteiger partial charge on any atom is 0.242 e. The van der Waals surface area contributed by atoms with E-state index in [4.69, 9.17) is 9.47 Å². The van der Waals surface area contributed by atoms with Gasteiger partial charge in [-0.15, -0.1) is 0 Å². The van der Waals surface area contributed by atoms with E-state index in [1.165, 1.54) is 32.8 Å². The fourth-order valence-corrected chi connectivity index (χ4v) is 4.54. The Morgan fingerprint density at radius 1 is 1.09 bits per heavy atom. The zero-order valence-electron chi connectivity index (χ0n) is 18.9. The Kier molecular flexibility index (Phi) is 7.60. The number of hydrogen-bond donors (Lipinski definition) is 0. The highest BCUT2D eigenvalue weighted by atomic mass is 16.5. The zero-order valence-corrected chi connectivity index (χ0v) is 18.9. The first-order valence-electron chi connectivity index (χ1n) is 11.6. The van der Waals surface area contributed by atoms with Gasteiger partial charge in [0.2, 0.25) is 11.3 Å². The number of carbonyl (C=O) groups is 1. The highest BCUT2D eigenvalue weighted by molar-refractivity contribution is 5.76. The van der Waals surface area contributed by atoms with Crippen LogP contribution in [0.2, 0.25) is 0 Å². The molecule has 0 spiro atoms. The summed E-state index contributed by atoms with van der Waals surface area (Å²) in [7, 11) is 1.49. The van der Waals surface area contributed by atoms with Gasteiger partial charge in [0.25, 0.3) is 0 Å². The van der Waals surface area contributed by atoms with Gasteiger partial charge in [-0.25, -0.2) is 0 Å². The van der Waals surface area contributed by atoms with Crippen molar-refractivity contribution in [3.05, 3.63) is 64.1 Å². The van der Waals surface area contributed by atoms with E-state index in [1.54, 1.807) is 12.3 Å². The molecule has 1 aromatic carbocycles. The summed E-state index contributed by atoms with van der Waals surface area (Å²) >= 11 is 0. The van der Waals surface area contributed by atoms with Crippen molar-refractivity contribution in [3.8, 4) is 5.75 Å². The van der Waals surface area contributed by atoms with E-state index in [0.717, 1.165) is 24.3 Å². The number of ether oxygens (including phenoxy) is 2. The highest BCUT2D eigenvalue weighted by Gasteiger charge is 2.26. The van der Waals surface area contributed by atoms with Gasteiger partial charge in [0, 0.05) is 24.8 Å². The largest absolute Gasteiger partial charge is 0.491 e. The van der Waals surface area contributed by atoms with Crippen molar-refractivity contribution in [2.24, 2.45) is 0 Å². The number of hydrogen-bond acceptors (Lipinski definition) is 5. The molecule has 0 aliphatic carbocycles. The summed E-state index contributed by atoms with van der Waals surface area (Å²) in [4.78, 5) is 29.9. The molecule has 2 fully saturated rings. The molecule has 2 aromatic rings. The number of carbonyl (C=O) groups excluding carboxylic acids is 1. The summed E-state index contributed by atoms with van der Waals surface area (Å²) in [5.41, 5.74) is 1.80. The monoisotopic (exact) mass is 439 g/mol. The van der Waals surface area contributed by atoms with Crippen molar-refractivity contribution in [2.75, 3.05) is 39.9 Å². The molecule has 1 amide bonds. The standard InChI is InChI=1S/C25H33N3O4/c1-31-24-18-28(21(15-22(24)29)16-26-11-7-2-3-8-12-26)19-25(30)27-13-14-32-23(17-27)20-9-5-4-6-10-20/h4-6,9-10,15,18,23H,2-3,7-8,11-14,16-17,19H2,1H3. The third kappa shape index (κ3) is 5.58. The van der Waals surface area contributed by atoms with Crippen molar-refractivity contribution in [1.82, 2.24) is 14.4 Å². The molecule has 1 atom stereocenters. The zero-order chi connectivity index (χ0) is 22.3. The lowest BCUT2D eigenvalue weighted by Gasteiger charge is -2.33. The molecule has 4 rings (SSSR count). The number of amides is 1. The number of likely N-dealkylation sites (tertiary alicyclic amines) is 1. The summed E-state index contributed by atoms with van der Waals surface area (Å²) in [5, 5.41) is 0. The first-order valence-corrected chi connectivity index (χ1v) is 11.6. The molecule has 7 heteroatoms. The summed E-state index contributed by atoms with van der Waals surface area (Å²) in [5.74, 6) is 0.290. The number of morpholine rings is 1. The molecule has 7 nitrogen and oxygen atoms in total. The van der Waals surface area contributed by atoms with Crippen LogP contribution in [0.5, 0.6) is 5.75 Å². The lowest BCUT2D eigenvalue weighted by atomic mass is 10.1. The van der Waals surface area contributed by atoms with Crippen LogP contribution in [0.25, 0.3) is 0 Å². The van der Waals surface area contributed by atoms with Crippen molar-refractivity contribution in [2.45, 2.75) is 44.9 Å². The second-order valence-electron chi connectivity index (χ2n) is 8.63. The van der Waals surface area contributed by atoms with Crippen molar-refractivity contribution in [1.29, 1.82) is 0 Å². The average molecular weight is 440 g/mol. The Bertz CT molecular complexity index is 951. The first kappa shape index (κ1) is 22.6. The van der Waals surface area contributed by atoms with E-state index in [9.17, 15) is 9.59 Å². The fourth-order valence-electron chi connectivity index (χ4n) is 4.54. The van der Waals surface area contributed by atoms with Gasteiger partial charge >= 0.3 is 0 Å². The van der Waals surface area contributed by atoms with Crippen LogP contribution in [0.3, 0.4) is 0 Å². The number of pyridine rings is 1. The van der Waals surface area contributed by atoms with Crippen molar-refractivity contribution < 1.29 is 14.3 Å². The van der Waals surface area contributed by atoms with E-state index in [-0.39, 0.29) is 29.7 Å². The maximum atomic E-state index is 13.2. The van der Waals surface area contributed by atoms with Crippen LogP contribution in [0.4, 0.5) is 0 Å². The van der Waals surface area contributed by atoms with Gasteiger partial charge in [0.05, 0.1) is 26.5 Å². The minimum Gasteiger partial charge on any atom is -0.491 e. The van der Waals surface area contributed by atoms with Crippen LogP contribution < -0.4 is 10.2 Å². The van der Waals surface area contributed by atoms with Crippen molar-refractivity contribution >= 4 is 5.91 Å². The van der Waals surface area contributed by atoms with Crippen LogP contribution in [0.1, 0.15) is 43.0 Å². The third-order valence-corrected chi connectivity index (χ3v) is 6.38. The van der Waals surface area contributed by atoms with Gasteiger partial charge in [0.1, 0.15) is 12.6 Å². The van der Waals surface area contributed by atoms with Crippen LogP contribution in [-0.2, 0) is 22.6 Å². The second-order valence-corrected chi connectivity index (χ2v) is 8.63. The van der Waals surface area contributed by atoms with E-state index >= 15 is 0 Å². The van der Waals surface area contributed by atoms with Gasteiger partial charge in [0.15, 0.2) is 5.75 Å². The molecule has 32 heavy (non-hydrogen) atoms. The second kappa shape index (κ2) is 10.8. The molecule has 2 saturated heterocycles. The quantitative estimate of drug-likeness (QED) is 0.693. The Labute approximate surface area is 189 Å². The molecule has 0 radical (unpaired) electrons. The lowest BCUT2D eigenvalue weighted by Crippen LogP contribution is -2.44. The molecule has 172 valence electrons. The van der Waals surface area contributed by atoms with Gasteiger partial charge < -0.3 is 18.9 Å². The average Bonchev–Trinajstić information content (AvgIpc) is 3.10. The molecular weight excluding hydrogens is 406 g/mol. The molecule has 1 unspecified atom stereocenters. The topological polar surface area (TPSA) is 64.0 Å². The van der Waals surface area contributed by atoms with Gasteiger partial charge in [-0.3, -0.25) is 14.5 Å². The number of benzene rings is 1.